The Bertz CT molecular complexity index is 669. The topological polar surface area (TPSA) is 27.3 Å². The van der Waals surface area contributed by atoms with Crippen LogP contribution >= 0.6 is 12.2 Å². The third-order valence-electron chi connectivity index (χ3n) is 4.49. The van der Waals surface area contributed by atoms with E-state index in [1.54, 1.807) is 0 Å². The molecule has 0 heterocycles. The van der Waals surface area contributed by atoms with Gasteiger partial charge in [-0.05, 0) is 74.3 Å². The fraction of sp³-hybridized carbons (Fsp3) is 0.381. The van der Waals surface area contributed by atoms with Crippen LogP contribution in [0.25, 0.3) is 0 Å². The van der Waals surface area contributed by atoms with Crippen molar-refractivity contribution in [3.05, 3.63) is 53.6 Å². The summed E-state index contributed by atoms with van der Waals surface area (Å²) >= 11 is 5.53. The van der Waals surface area contributed by atoms with Crippen molar-refractivity contribution in [3.63, 3.8) is 0 Å². The average molecular weight is 356 g/mol. The van der Waals surface area contributed by atoms with Crippen molar-refractivity contribution in [1.82, 2.24) is 0 Å². The van der Waals surface area contributed by atoms with E-state index in [0.29, 0.717) is 5.11 Å². The lowest BCUT2D eigenvalue weighted by Gasteiger charge is -2.21. The number of aryl methyl sites for hydroxylation is 2. The summed E-state index contributed by atoms with van der Waals surface area (Å²) in [6.07, 6.45) is 1.97. The highest BCUT2D eigenvalue weighted by Gasteiger charge is 2.08. The van der Waals surface area contributed by atoms with Crippen molar-refractivity contribution in [3.8, 4) is 0 Å². The molecule has 0 aromatic heterocycles. The second kappa shape index (κ2) is 9.42. The van der Waals surface area contributed by atoms with Gasteiger partial charge in [-0.2, -0.15) is 0 Å². The summed E-state index contributed by atoms with van der Waals surface area (Å²) in [7, 11) is 0. The van der Waals surface area contributed by atoms with Crippen LogP contribution in [0.5, 0.6) is 0 Å². The van der Waals surface area contributed by atoms with Gasteiger partial charge in [0.15, 0.2) is 5.11 Å². The van der Waals surface area contributed by atoms with Gasteiger partial charge in [0.1, 0.15) is 0 Å². The molecule has 0 saturated heterocycles. The number of benzene rings is 2. The third kappa shape index (κ3) is 4.95. The van der Waals surface area contributed by atoms with Crippen molar-refractivity contribution >= 4 is 34.4 Å². The zero-order chi connectivity index (χ0) is 18.2. The van der Waals surface area contributed by atoms with Crippen LogP contribution in [-0.4, -0.2) is 18.2 Å². The maximum absolute atomic E-state index is 5.53. The Labute approximate surface area is 157 Å². The van der Waals surface area contributed by atoms with Crippen LogP contribution in [-0.2, 0) is 12.8 Å². The Hall–Kier alpha value is -2.07. The van der Waals surface area contributed by atoms with E-state index in [2.05, 4.69) is 85.7 Å². The number of hydrogen-bond donors (Lipinski definition) is 2. The lowest BCUT2D eigenvalue weighted by molar-refractivity contribution is 0.866. The number of hydrogen-bond acceptors (Lipinski definition) is 2. The van der Waals surface area contributed by atoms with Crippen LogP contribution in [0.4, 0.5) is 17.1 Å². The molecule has 4 heteroatoms. The highest BCUT2D eigenvalue weighted by atomic mass is 32.1. The lowest BCUT2D eigenvalue weighted by atomic mass is 10.0. The average Bonchev–Trinajstić information content (AvgIpc) is 2.64. The maximum Gasteiger partial charge on any atom is 0.175 e. The van der Waals surface area contributed by atoms with Crippen molar-refractivity contribution in [2.75, 3.05) is 28.6 Å². The lowest BCUT2D eigenvalue weighted by Crippen LogP contribution is -2.22. The smallest absolute Gasteiger partial charge is 0.175 e. The molecule has 0 aliphatic rings. The summed E-state index contributed by atoms with van der Waals surface area (Å²) in [4.78, 5) is 2.32. The maximum atomic E-state index is 5.53. The van der Waals surface area contributed by atoms with Crippen LogP contribution in [0.2, 0.25) is 0 Å². The molecular formula is C21H29N3S. The molecule has 0 amide bonds. The zero-order valence-electron chi connectivity index (χ0n) is 15.7. The normalized spacial score (nSPS) is 10.4. The van der Waals surface area contributed by atoms with Crippen LogP contribution in [0, 0.1) is 0 Å². The van der Waals surface area contributed by atoms with Gasteiger partial charge in [-0.1, -0.05) is 32.0 Å². The molecule has 3 nitrogen and oxygen atoms in total. The van der Waals surface area contributed by atoms with E-state index in [1.165, 1.54) is 16.8 Å². The highest BCUT2D eigenvalue weighted by Crippen LogP contribution is 2.23. The van der Waals surface area contributed by atoms with Crippen LogP contribution in [0.15, 0.2) is 42.5 Å². The predicted molar refractivity (Wildman–Crippen MR) is 115 cm³/mol. The number of rotatable bonds is 7. The Kier molecular flexibility index (Phi) is 7.26. The first-order chi connectivity index (χ1) is 12.1. The fourth-order valence-corrected chi connectivity index (χ4v) is 3.24. The minimum Gasteiger partial charge on any atom is -0.372 e. The quantitative estimate of drug-likeness (QED) is 0.644. The summed E-state index contributed by atoms with van der Waals surface area (Å²) < 4.78 is 0. The van der Waals surface area contributed by atoms with E-state index in [0.717, 1.165) is 37.3 Å². The third-order valence-corrected chi connectivity index (χ3v) is 4.70. The molecular weight excluding hydrogens is 326 g/mol. The van der Waals surface area contributed by atoms with Gasteiger partial charge in [-0.15, -0.1) is 0 Å². The first kappa shape index (κ1) is 19.3. The number of anilines is 3. The second-order valence-electron chi connectivity index (χ2n) is 5.96. The fourth-order valence-electron chi connectivity index (χ4n) is 3.02. The molecule has 0 atom stereocenters. The monoisotopic (exact) mass is 355 g/mol. The van der Waals surface area contributed by atoms with Crippen LogP contribution < -0.4 is 15.5 Å². The number of nitrogens with one attached hydrogen (secondary N) is 2. The summed E-state index contributed by atoms with van der Waals surface area (Å²) in [6, 6.07) is 14.9. The minimum absolute atomic E-state index is 0.631. The summed E-state index contributed by atoms with van der Waals surface area (Å²) in [5.41, 5.74) is 5.96. The van der Waals surface area contributed by atoms with E-state index in [-0.39, 0.29) is 0 Å². The molecule has 2 aromatic carbocycles. The molecule has 0 spiro atoms. The van der Waals surface area contributed by atoms with E-state index >= 15 is 0 Å². The van der Waals surface area contributed by atoms with Gasteiger partial charge in [0.05, 0.1) is 0 Å². The zero-order valence-corrected chi connectivity index (χ0v) is 16.5. The Morgan fingerprint density at radius 2 is 1.40 bits per heavy atom. The highest BCUT2D eigenvalue weighted by molar-refractivity contribution is 7.80. The SMILES string of the molecule is CCc1cccc(CC)c1NC(=S)Nc1ccc(N(CC)CC)cc1. The Morgan fingerprint density at radius 3 is 1.88 bits per heavy atom. The molecule has 0 fully saturated rings. The molecule has 0 saturated carbocycles. The second-order valence-corrected chi connectivity index (χ2v) is 6.36. The van der Waals surface area contributed by atoms with Gasteiger partial charge in [0.25, 0.3) is 0 Å². The summed E-state index contributed by atoms with van der Waals surface area (Å²) in [5, 5.41) is 7.33. The molecule has 0 aliphatic carbocycles. The summed E-state index contributed by atoms with van der Waals surface area (Å²) in [5.74, 6) is 0. The molecule has 2 aromatic rings. The van der Waals surface area contributed by atoms with Crippen molar-refractivity contribution in [1.29, 1.82) is 0 Å². The van der Waals surface area contributed by atoms with E-state index in [1.807, 2.05) is 0 Å². The van der Waals surface area contributed by atoms with Gasteiger partial charge >= 0.3 is 0 Å². The van der Waals surface area contributed by atoms with E-state index in [9.17, 15) is 0 Å². The van der Waals surface area contributed by atoms with Crippen LogP contribution in [0.1, 0.15) is 38.8 Å². The van der Waals surface area contributed by atoms with Crippen molar-refractivity contribution in [2.24, 2.45) is 0 Å². The molecule has 0 bridgehead atoms. The molecule has 0 aliphatic heterocycles. The van der Waals surface area contributed by atoms with Crippen molar-refractivity contribution < 1.29 is 0 Å². The standard InChI is InChI=1S/C21H29N3S/c1-5-16-10-9-11-17(6-2)20(16)23-21(25)22-18-12-14-19(15-13-18)24(7-3)8-4/h9-15H,5-8H2,1-4H3,(H2,22,23,25). The predicted octanol–water partition coefficient (Wildman–Crippen LogP) is 5.47. The van der Waals surface area contributed by atoms with E-state index in [4.69, 9.17) is 12.2 Å². The molecule has 134 valence electrons. The van der Waals surface area contributed by atoms with Crippen LogP contribution in [0.3, 0.4) is 0 Å². The summed E-state index contributed by atoms with van der Waals surface area (Å²) in [6.45, 7) is 10.7. The Balaban J connectivity index is 2.08. The van der Waals surface area contributed by atoms with Crippen molar-refractivity contribution in [2.45, 2.75) is 40.5 Å². The molecule has 2 rings (SSSR count). The van der Waals surface area contributed by atoms with E-state index < -0.39 is 0 Å². The molecule has 0 radical (unpaired) electrons. The van der Waals surface area contributed by atoms with Gasteiger partial charge in [0, 0.05) is 30.2 Å². The first-order valence-corrected chi connectivity index (χ1v) is 9.57. The van der Waals surface area contributed by atoms with Gasteiger partial charge < -0.3 is 15.5 Å². The van der Waals surface area contributed by atoms with Gasteiger partial charge in [-0.25, -0.2) is 0 Å². The minimum atomic E-state index is 0.631. The molecule has 25 heavy (non-hydrogen) atoms. The number of para-hydroxylation sites is 1. The molecule has 0 unspecified atom stereocenters. The number of thiocarbonyl (C=S) groups is 1. The van der Waals surface area contributed by atoms with Gasteiger partial charge in [0.2, 0.25) is 0 Å². The Morgan fingerprint density at radius 1 is 0.840 bits per heavy atom. The largest absolute Gasteiger partial charge is 0.372 e. The first-order valence-electron chi connectivity index (χ1n) is 9.16. The molecule has 2 N–H and O–H groups in total. The van der Waals surface area contributed by atoms with Gasteiger partial charge in [-0.3, -0.25) is 0 Å². The number of nitrogens with zero attached hydrogens (tertiary/aromatic N) is 1.